The Morgan fingerprint density at radius 2 is 1.86 bits per heavy atom. The number of esters is 1. The molecule has 114 valence electrons. The number of amides is 1. The minimum Gasteiger partial charge on any atom is -0.618 e. The van der Waals surface area contributed by atoms with E-state index >= 15 is 0 Å². The molecule has 1 amide bonds. The van der Waals surface area contributed by atoms with Crippen LogP contribution < -0.4 is 10.0 Å². The minimum atomic E-state index is -1.02. The van der Waals surface area contributed by atoms with Gasteiger partial charge in [-0.25, -0.2) is 4.79 Å². The first kappa shape index (κ1) is 15.5. The predicted octanol–water partition coefficient (Wildman–Crippen LogP) is 1.81. The highest BCUT2D eigenvalue weighted by Gasteiger charge is 2.23. The molecular weight excluding hydrogens is 284 g/mol. The number of aryl methyl sites for hydroxylation is 1. The largest absolute Gasteiger partial charge is 0.618 e. The molecule has 0 saturated carbocycles. The summed E-state index contributed by atoms with van der Waals surface area (Å²) >= 11 is 0. The van der Waals surface area contributed by atoms with Crippen molar-refractivity contribution in [2.45, 2.75) is 20.0 Å². The van der Waals surface area contributed by atoms with Gasteiger partial charge < -0.3 is 15.3 Å². The Kier molecular flexibility index (Phi) is 4.73. The van der Waals surface area contributed by atoms with Gasteiger partial charge in [-0.3, -0.25) is 4.79 Å². The van der Waals surface area contributed by atoms with Gasteiger partial charge in [-0.2, -0.15) is 4.73 Å². The number of hydrogen-bond donors (Lipinski definition) is 1. The van der Waals surface area contributed by atoms with E-state index in [4.69, 9.17) is 4.74 Å². The quantitative estimate of drug-likeness (QED) is 0.530. The van der Waals surface area contributed by atoms with E-state index in [1.165, 1.54) is 25.3 Å². The SMILES string of the molecule is Cc1ccc(NC(=O)[C@H](C)OC(=O)c2cccc[n+]2[O-])cc1. The second-order valence-electron chi connectivity index (χ2n) is 4.81. The molecule has 0 aliphatic carbocycles. The average Bonchev–Trinajstić information content (AvgIpc) is 2.49. The number of nitrogens with one attached hydrogen (secondary N) is 1. The van der Waals surface area contributed by atoms with E-state index in [-0.39, 0.29) is 5.69 Å². The van der Waals surface area contributed by atoms with Crippen LogP contribution in [0.2, 0.25) is 0 Å². The molecule has 1 aromatic carbocycles. The number of anilines is 1. The van der Waals surface area contributed by atoms with Crippen molar-refractivity contribution in [3.63, 3.8) is 0 Å². The van der Waals surface area contributed by atoms with Gasteiger partial charge in [-0.1, -0.05) is 17.7 Å². The fourth-order valence-corrected chi connectivity index (χ4v) is 1.74. The van der Waals surface area contributed by atoms with Crippen LogP contribution in [0.1, 0.15) is 23.0 Å². The van der Waals surface area contributed by atoms with Crippen LogP contribution in [-0.2, 0) is 9.53 Å². The van der Waals surface area contributed by atoms with Crippen molar-refractivity contribution in [1.82, 2.24) is 0 Å². The van der Waals surface area contributed by atoms with Crippen LogP contribution in [0.15, 0.2) is 48.7 Å². The summed E-state index contributed by atoms with van der Waals surface area (Å²) in [7, 11) is 0. The molecule has 0 spiro atoms. The van der Waals surface area contributed by atoms with Crippen LogP contribution in [0.25, 0.3) is 0 Å². The Bertz CT molecular complexity index is 683. The number of aromatic nitrogens is 1. The van der Waals surface area contributed by atoms with Crippen molar-refractivity contribution in [2.75, 3.05) is 5.32 Å². The zero-order valence-corrected chi connectivity index (χ0v) is 12.3. The molecular formula is C16H16N2O4. The lowest BCUT2D eigenvalue weighted by Gasteiger charge is -2.13. The molecule has 1 N–H and O–H groups in total. The van der Waals surface area contributed by atoms with Crippen molar-refractivity contribution in [3.8, 4) is 0 Å². The summed E-state index contributed by atoms with van der Waals surface area (Å²) in [4.78, 5) is 23.8. The zero-order chi connectivity index (χ0) is 16.1. The standard InChI is InChI=1S/C16H16N2O4/c1-11-6-8-13(9-7-11)17-15(19)12(2)22-16(20)14-5-3-4-10-18(14)21/h3-10,12H,1-2H3,(H,17,19)/t12-/m0/s1. The van der Waals surface area contributed by atoms with Crippen molar-refractivity contribution in [1.29, 1.82) is 0 Å². The molecule has 0 aliphatic heterocycles. The maximum absolute atomic E-state index is 12.0. The molecule has 0 bridgehead atoms. The van der Waals surface area contributed by atoms with E-state index in [1.54, 1.807) is 18.2 Å². The van der Waals surface area contributed by atoms with Crippen molar-refractivity contribution >= 4 is 17.6 Å². The number of rotatable bonds is 4. The maximum Gasteiger partial charge on any atom is 0.405 e. The fourth-order valence-electron chi connectivity index (χ4n) is 1.74. The first-order chi connectivity index (χ1) is 10.5. The fraction of sp³-hybridized carbons (Fsp3) is 0.188. The molecule has 0 saturated heterocycles. The first-order valence-electron chi connectivity index (χ1n) is 6.74. The smallest absolute Gasteiger partial charge is 0.405 e. The molecule has 0 radical (unpaired) electrons. The number of nitrogens with zero attached hydrogens (tertiary/aromatic N) is 1. The highest BCUT2D eigenvalue weighted by molar-refractivity contribution is 5.96. The van der Waals surface area contributed by atoms with Gasteiger partial charge in [0.25, 0.3) is 5.91 Å². The van der Waals surface area contributed by atoms with Crippen molar-refractivity contribution < 1.29 is 19.1 Å². The number of ether oxygens (including phenoxy) is 1. The highest BCUT2D eigenvalue weighted by Crippen LogP contribution is 2.10. The van der Waals surface area contributed by atoms with Crippen LogP contribution in [0.5, 0.6) is 0 Å². The Balaban J connectivity index is 1.98. The highest BCUT2D eigenvalue weighted by atomic mass is 16.6. The Morgan fingerprint density at radius 3 is 2.50 bits per heavy atom. The Hall–Kier alpha value is -2.89. The number of benzene rings is 1. The molecule has 0 unspecified atom stereocenters. The summed E-state index contributed by atoms with van der Waals surface area (Å²) < 4.78 is 5.40. The summed E-state index contributed by atoms with van der Waals surface area (Å²) in [6.45, 7) is 3.38. The van der Waals surface area contributed by atoms with E-state index in [0.29, 0.717) is 10.4 Å². The van der Waals surface area contributed by atoms with E-state index < -0.39 is 18.0 Å². The first-order valence-corrected chi connectivity index (χ1v) is 6.74. The predicted molar refractivity (Wildman–Crippen MR) is 80.1 cm³/mol. The minimum absolute atomic E-state index is 0.169. The van der Waals surface area contributed by atoms with Gasteiger partial charge in [-0.15, -0.1) is 0 Å². The Morgan fingerprint density at radius 1 is 1.18 bits per heavy atom. The van der Waals surface area contributed by atoms with E-state index in [1.807, 2.05) is 19.1 Å². The van der Waals surface area contributed by atoms with Crippen molar-refractivity contribution in [2.24, 2.45) is 0 Å². The van der Waals surface area contributed by atoms with Gasteiger partial charge in [0.1, 0.15) is 0 Å². The molecule has 6 nitrogen and oxygen atoms in total. The zero-order valence-electron chi connectivity index (χ0n) is 12.3. The third kappa shape index (κ3) is 3.82. The van der Waals surface area contributed by atoms with Gasteiger partial charge in [0, 0.05) is 17.8 Å². The number of hydrogen-bond acceptors (Lipinski definition) is 4. The van der Waals surface area contributed by atoms with Crippen molar-refractivity contribution in [3.05, 3.63) is 65.1 Å². The van der Waals surface area contributed by atoms with Gasteiger partial charge >= 0.3 is 11.7 Å². The summed E-state index contributed by atoms with van der Waals surface area (Å²) in [5, 5.41) is 14.1. The van der Waals surface area contributed by atoms with Gasteiger partial charge in [0.05, 0.1) is 0 Å². The van der Waals surface area contributed by atoms with E-state index in [2.05, 4.69) is 5.32 Å². The summed E-state index contributed by atoms with van der Waals surface area (Å²) in [6, 6.07) is 11.6. The van der Waals surface area contributed by atoms with E-state index in [9.17, 15) is 14.8 Å². The average molecular weight is 300 g/mol. The third-order valence-corrected chi connectivity index (χ3v) is 3.01. The molecule has 1 heterocycles. The molecule has 0 fully saturated rings. The number of carbonyl (C=O) groups is 2. The monoisotopic (exact) mass is 300 g/mol. The molecule has 1 aromatic heterocycles. The normalized spacial score (nSPS) is 11.5. The summed E-state index contributed by atoms with van der Waals surface area (Å²) in [6.07, 6.45) is 0.169. The molecule has 0 aliphatic rings. The maximum atomic E-state index is 12.0. The van der Waals surface area contributed by atoms with Crippen LogP contribution in [-0.4, -0.2) is 18.0 Å². The topological polar surface area (TPSA) is 82.3 Å². The molecule has 2 aromatic rings. The number of pyridine rings is 1. The molecule has 22 heavy (non-hydrogen) atoms. The lowest BCUT2D eigenvalue weighted by atomic mass is 10.2. The molecule has 6 heteroatoms. The van der Waals surface area contributed by atoms with Gasteiger partial charge in [-0.05, 0) is 32.0 Å². The lowest BCUT2D eigenvalue weighted by molar-refractivity contribution is -0.608. The summed E-state index contributed by atoms with van der Waals surface area (Å²) in [5.41, 5.74) is 1.51. The lowest BCUT2D eigenvalue weighted by Crippen LogP contribution is -2.37. The molecule has 2 rings (SSSR count). The van der Waals surface area contributed by atoms with Crippen LogP contribution >= 0.6 is 0 Å². The second-order valence-corrected chi connectivity index (χ2v) is 4.81. The summed E-state index contributed by atoms with van der Waals surface area (Å²) in [5.74, 6) is -1.31. The number of carbonyl (C=O) groups excluding carboxylic acids is 2. The van der Waals surface area contributed by atoms with Crippen LogP contribution in [0, 0.1) is 12.1 Å². The second kappa shape index (κ2) is 6.71. The van der Waals surface area contributed by atoms with Crippen LogP contribution in [0.4, 0.5) is 5.69 Å². The Labute approximate surface area is 127 Å². The van der Waals surface area contributed by atoms with Crippen LogP contribution in [0.3, 0.4) is 0 Å². The molecule has 1 atom stereocenters. The van der Waals surface area contributed by atoms with Gasteiger partial charge in [0.2, 0.25) is 0 Å². The van der Waals surface area contributed by atoms with Gasteiger partial charge in [0.15, 0.2) is 12.3 Å². The third-order valence-electron chi connectivity index (χ3n) is 3.01. The van der Waals surface area contributed by atoms with E-state index in [0.717, 1.165) is 5.56 Å².